The summed E-state index contributed by atoms with van der Waals surface area (Å²) in [5, 5.41) is 0. The second-order valence-electron chi connectivity index (χ2n) is 6.00. The number of benzene rings is 1. The van der Waals surface area contributed by atoms with Crippen molar-refractivity contribution in [1.29, 1.82) is 0 Å². The maximum atomic E-state index is 12.3. The van der Waals surface area contributed by atoms with Gasteiger partial charge in [0.15, 0.2) is 5.78 Å². The lowest BCUT2D eigenvalue weighted by molar-refractivity contribution is 0.103. The average molecular weight is 256 g/mol. The molecule has 0 heterocycles. The second-order valence-corrected chi connectivity index (χ2v) is 6.00. The number of ketones is 1. The summed E-state index contributed by atoms with van der Waals surface area (Å²) in [7, 11) is 1.68. The predicted molar refractivity (Wildman–Crippen MR) is 75.8 cm³/mol. The molecule has 0 aliphatic heterocycles. The number of carbonyl (C=O) groups is 1. The van der Waals surface area contributed by atoms with Crippen LogP contribution in [0.3, 0.4) is 0 Å². The highest BCUT2D eigenvalue weighted by atomic mass is 16.5. The Morgan fingerprint density at radius 1 is 1.37 bits per heavy atom. The Hall–Kier alpha value is -1.57. The lowest BCUT2D eigenvalue weighted by atomic mass is 9.60. The first-order valence-electron chi connectivity index (χ1n) is 7.01. The molecule has 2 nitrogen and oxygen atoms in total. The fourth-order valence-electron chi connectivity index (χ4n) is 3.74. The predicted octanol–water partition coefficient (Wildman–Crippen LogP) is 3.90. The summed E-state index contributed by atoms with van der Waals surface area (Å²) < 4.78 is 5.34. The van der Waals surface area contributed by atoms with E-state index in [9.17, 15) is 4.79 Å². The van der Waals surface area contributed by atoms with E-state index >= 15 is 0 Å². The van der Waals surface area contributed by atoms with E-state index in [-0.39, 0.29) is 11.2 Å². The molecule has 2 heteroatoms. The minimum absolute atomic E-state index is 0.00937. The highest BCUT2D eigenvalue weighted by Gasteiger charge is 2.42. The molecule has 0 amide bonds. The molecule has 1 fully saturated rings. The maximum absolute atomic E-state index is 12.3. The van der Waals surface area contributed by atoms with Crippen LogP contribution in [0.4, 0.5) is 0 Å². The Bertz CT molecular complexity index is 571. The first kappa shape index (κ1) is 12.5. The van der Waals surface area contributed by atoms with Crippen LogP contribution in [-0.2, 0) is 5.41 Å². The largest absolute Gasteiger partial charge is 0.497 e. The number of rotatable bonds is 1. The van der Waals surface area contributed by atoms with E-state index in [2.05, 4.69) is 19.9 Å². The van der Waals surface area contributed by atoms with Crippen molar-refractivity contribution in [2.24, 2.45) is 5.92 Å². The van der Waals surface area contributed by atoms with E-state index in [1.54, 1.807) is 7.11 Å². The molecule has 2 aliphatic carbocycles. The van der Waals surface area contributed by atoms with E-state index < -0.39 is 0 Å². The van der Waals surface area contributed by atoms with Gasteiger partial charge in [-0.2, -0.15) is 0 Å². The Morgan fingerprint density at radius 3 is 2.89 bits per heavy atom. The van der Waals surface area contributed by atoms with Crippen LogP contribution in [0.5, 0.6) is 5.75 Å². The van der Waals surface area contributed by atoms with Crippen LogP contribution >= 0.6 is 0 Å². The van der Waals surface area contributed by atoms with Crippen molar-refractivity contribution in [2.75, 3.05) is 7.11 Å². The van der Waals surface area contributed by atoms with Crippen molar-refractivity contribution >= 4 is 5.78 Å². The zero-order valence-corrected chi connectivity index (χ0v) is 11.8. The Kier molecular flexibility index (Phi) is 2.77. The highest BCUT2D eigenvalue weighted by molar-refractivity contribution is 6.08. The third-order valence-corrected chi connectivity index (χ3v) is 4.86. The molecule has 1 aromatic rings. The second kappa shape index (κ2) is 4.22. The average Bonchev–Trinajstić information content (AvgIpc) is 2.41. The third-order valence-electron chi connectivity index (χ3n) is 4.86. The lowest BCUT2D eigenvalue weighted by Crippen LogP contribution is -2.37. The summed E-state index contributed by atoms with van der Waals surface area (Å²) in [6.07, 6.45) is 5.42. The van der Waals surface area contributed by atoms with Gasteiger partial charge in [0, 0.05) is 11.0 Å². The van der Waals surface area contributed by atoms with Crippen LogP contribution in [0.2, 0.25) is 0 Å². The van der Waals surface area contributed by atoms with Crippen LogP contribution in [0.25, 0.3) is 0 Å². The molecule has 1 aromatic carbocycles. The van der Waals surface area contributed by atoms with E-state index in [4.69, 9.17) is 4.74 Å². The third kappa shape index (κ3) is 1.73. The standard InChI is InChI=1S/C17H20O2/c1-11-5-4-8-17(2)14(11)10-16(18)13-7-6-12(19-3)9-15(13)17/h6-7,9-11H,4-5,8H2,1-3H3/t11-,17-/m1/s1. The molecule has 2 atom stereocenters. The molecular weight excluding hydrogens is 236 g/mol. The summed E-state index contributed by atoms with van der Waals surface area (Å²) in [6, 6.07) is 5.84. The summed E-state index contributed by atoms with van der Waals surface area (Å²) in [5.41, 5.74) is 3.32. The van der Waals surface area contributed by atoms with Gasteiger partial charge in [0.05, 0.1) is 7.11 Å². The smallest absolute Gasteiger partial charge is 0.186 e. The lowest BCUT2D eigenvalue weighted by Gasteiger charge is -2.43. The molecule has 0 radical (unpaired) electrons. The Labute approximate surface area is 114 Å². The van der Waals surface area contributed by atoms with Crippen molar-refractivity contribution in [3.63, 3.8) is 0 Å². The van der Waals surface area contributed by atoms with Gasteiger partial charge in [-0.1, -0.05) is 25.8 Å². The summed E-state index contributed by atoms with van der Waals surface area (Å²) in [6.45, 7) is 4.51. The van der Waals surface area contributed by atoms with Crippen molar-refractivity contribution in [2.45, 2.75) is 38.5 Å². The molecular formula is C17H20O2. The minimum atomic E-state index is 0.00937. The van der Waals surface area contributed by atoms with Gasteiger partial charge >= 0.3 is 0 Å². The molecule has 0 aromatic heterocycles. The van der Waals surface area contributed by atoms with E-state index in [1.807, 2.05) is 18.2 Å². The molecule has 3 rings (SSSR count). The van der Waals surface area contributed by atoms with E-state index in [1.165, 1.54) is 18.4 Å². The van der Waals surface area contributed by atoms with Gasteiger partial charge in [-0.15, -0.1) is 0 Å². The minimum Gasteiger partial charge on any atom is -0.497 e. The first-order valence-corrected chi connectivity index (χ1v) is 7.01. The molecule has 1 saturated carbocycles. The first-order chi connectivity index (χ1) is 9.06. The number of ether oxygens (including phenoxy) is 1. The van der Waals surface area contributed by atoms with Crippen LogP contribution in [0.1, 0.15) is 49.0 Å². The number of hydrogen-bond acceptors (Lipinski definition) is 2. The fourth-order valence-corrected chi connectivity index (χ4v) is 3.74. The Balaban J connectivity index is 2.21. The zero-order chi connectivity index (χ0) is 13.6. The van der Waals surface area contributed by atoms with Crippen molar-refractivity contribution in [3.05, 3.63) is 41.0 Å². The molecule has 2 aliphatic rings. The number of fused-ring (bicyclic) bond motifs is 3. The monoisotopic (exact) mass is 256 g/mol. The zero-order valence-electron chi connectivity index (χ0n) is 11.8. The molecule has 0 unspecified atom stereocenters. The number of carbonyl (C=O) groups excluding carboxylic acids is 1. The summed E-state index contributed by atoms with van der Waals surface area (Å²) in [4.78, 5) is 12.3. The van der Waals surface area contributed by atoms with Crippen molar-refractivity contribution in [1.82, 2.24) is 0 Å². The molecule has 0 bridgehead atoms. The summed E-state index contributed by atoms with van der Waals surface area (Å²) in [5.74, 6) is 1.49. The summed E-state index contributed by atoms with van der Waals surface area (Å²) >= 11 is 0. The number of methoxy groups -OCH3 is 1. The van der Waals surface area contributed by atoms with Crippen LogP contribution in [0.15, 0.2) is 29.8 Å². The molecule has 0 spiro atoms. The Morgan fingerprint density at radius 2 is 2.16 bits per heavy atom. The highest BCUT2D eigenvalue weighted by Crippen LogP contribution is 2.49. The topological polar surface area (TPSA) is 26.3 Å². The van der Waals surface area contributed by atoms with Gasteiger partial charge in [-0.25, -0.2) is 0 Å². The van der Waals surface area contributed by atoms with E-state index in [0.29, 0.717) is 5.92 Å². The molecule has 0 N–H and O–H groups in total. The molecule has 100 valence electrons. The van der Waals surface area contributed by atoms with E-state index in [0.717, 1.165) is 23.3 Å². The SMILES string of the molecule is COc1ccc2c(c1)[C@]1(C)CCC[C@@H](C)C1=CC2=O. The van der Waals surface area contributed by atoms with Crippen molar-refractivity contribution in [3.8, 4) is 5.75 Å². The normalized spacial score (nSPS) is 29.3. The quantitative estimate of drug-likeness (QED) is 0.762. The van der Waals surface area contributed by atoms with Gasteiger partial charge < -0.3 is 4.74 Å². The van der Waals surface area contributed by atoms with Gasteiger partial charge in [0.1, 0.15) is 5.75 Å². The van der Waals surface area contributed by atoms with Crippen LogP contribution in [0, 0.1) is 5.92 Å². The fraction of sp³-hybridized carbons (Fsp3) is 0.471. The van der Waals surface area contributed by atoms with Gasteiger partial charge in [-0.3, -0.25) is 4.79 Å². The van der Waals surface area contributed by atoms with Gasteiger partial charge in [0.2, 0.25) is 0 Å². The van der Waals surface area contributed by atoms with Gasteiger partial charge in [-0.05, 0) is 48.6 Å². The maximum Gasteiger partial charge on any atom is 0.186 e. The number of hydrogen-bond donors (Lipinski definition) is 0. The van der Waals surface area contributed by atoms with Crippen LogP contribution < -0.4 is 4.74 Å². The number of allylic oxidation sites excluding steroid dienone is 2. The molecule has 19 heavy (non-hydrogen) atoms. The molecule has 0 saturated heterocycles. The van der Waals surface area contributed by atoms with Gasteiger partial charge in [0.25, 0.3) is 0 Å². The van der Waals surface area contributed by atoms with Crippen molar-refractivity contribution < 1.29 is 9.53 Å². The van der Waals surface area contributed by atoms with Crippen LogP contribution in [-0.4, -0.2) is 12.9 Å².